The van der Waals surface area contributed by atoms with E-state index in [2.05, 4.69) is 10.1 Å². The Bertz CT molecular complexity index is 911. The Labute approximate surface area is 142 Å². The predicted molar refractivity (Wildman–Crippen MR) is 84.8 cm³/mol. The van der Waals surface area contributed by atoms with Crippen molar-refractivity contribution < 1.29 is 31.5 Å². The Morgan fingerprint density at radius 3 is 2.28 bits per heavy atom. The van der Waals surface area contributed by atoms with Crippen molar-refractivity contribution in [2.24, 2.45) is 0 Å². The maximum atomic E-state index is 13.4. The molecule has 0 radical (unpaired) electrons. The van der Waals surface area contributed by atoms with Gasteiger partial charge in [-0.25, -0.2) is 22.0 Å². The molecule has 0 spiro atoms. The fourth-order valence-corrected chi connectivity index (χ4v) is 2.48. The normalized spacial score (nSPS) is 11.0. The molecule has 1 amide bonds. The van der Waals surface area contributed by atoms with Gasteiger partial charge in [0.05, 0.1) is 10.5 Å². The number of amides is 1. The van der Waals surface area contributed by atoms with Gasteiger partial charge in [0.25, 0.3) is 5.91 Å². The van der Waals surface area contributed by atoms with Crippen LogP contribution < -0.4 is 5.32 Å². The molecule has 132 valence electrons. The van der Waals surface area contributed by atoms with Gasteiger partial charge in [-0.2, -0.15) is 0 Å². The highest BCUT2D eigenvalue weighted by Crippen LogP contribution is 2.14. The standard InChI is InChI=1S/C16H13F2NO5S/c1-25(22,23)12-5-3-11(4-6-12)19-15(20)9-24-16(21)13-7-2-10(17)8-14(13)18/h2-8H,9H2,1H3,(H,19,20). The fourth-order valence-electron chi connectivity index (χ4n) is 1.85. The summed E-state index contributed by atoms with van der Waals surface area (Å²) in [6, 6.07) is 7.69. The number of anilines is 1. The van der Waals surface area contributed by atoms with Crippen molar-refractivity contribution in [3.05, 3.63) is 59.7 Å². The summed E-state index contributed by atoms with van der Waals surface area (Å²) in [5, 5.41) is 2.39. The summed E-state index contributed by atoms with van der Waals surface area (Å²) in [6.07, 6.45) is 1.05. The lowest BCUT2D eigenvalue weighted by molar-refractivity contribution is -0.119. The zero-order valence-electron chi connectivity index (χ0n) is 13.0. The number of hydrogen-bond donors (Lipinski definition) is 1. The maximum absolute atomic E-state index is 13.4. The number of hydrogen-bond acceptors (Lipinski definition) is 5. The van der Waals surface area contributed by atoms with Gasteiger partial charge in [0.2, 0.25) is 0 Å². The van der Waals surface area contributed by atoms with Gasteiger partial charge in [-0.1, -0.05) is 0 Å². The van der Waals surface area contributed by atoms with Gasteiger partial charge in [-0.05, 0) is 36.4 Å². The average molecular weight is 369 g/mol. The topological polar surface area (TPSA) is 89.5 Å². The summed E-state index contributed by atoms with van der Waals surface area (Å²) in [5.41, 5.74) is -0.201. The van der Waals surface area contributed by atoms with Crippen LogP contribution in [0.1, 0.15) is 10.4 Å². The Kier molecular flexibility index (Phi) is 5.48. The number of halogens is 2. The molecule has 6 nitrogen and oxygen atoms in total. The predicted octanol–water partition coefficient (Wildman–Crippen LogP) is 2.16. The van der Waals surface area contributed by atoms with E-state index in [1.807, 2.05) is 0 Å². The van der Waals surface area contributed by atoms with Crippen molar-refractivity contribution in [1.82, 2.24) is 0 Å². The second-order valence-electron chi connectivity index (χ2n) is 5.05. The van der Waals surface area contributed by atoms with Gasteiger partial charge >= 0.3 is 5.97 Å². The molecule has 2 aromatic rings. The lowest BCUT2D eigenvalue weighted by Gasteiger charge is -2.08. The molecule has 0 bridgehead atoms. The molecule has 0 aromatic heterocycles. The Balaban J connectivity index is 1.93. The first-order chi connectivity index (χ1) is 11.7. The number of carbonyl (C=O) groups excluding carboxylic acids is 2. The summed E-state index contributed by atoms with van der Waals surface area (Å²) in [7, 11) is -3.35. The number of rotatable bonds is 5. The fraction of sp³-hybridized carbons (Fsp3) is 0.125. The zero-order chi connectivity index (χ0) is 18.6. The summed E-state index contributed by atoms with van der Waals surface area (Å²) in [6.45, 7) is -0.691. The number of ether oxygens (including phenoxy) is 1. The van der Waals surface area contributed by atoms with Gasteiger partial charge < -0.3 is 10.1 Å². The van der Waals surface area contributed by atoms with Crippen LogP contribution in [0.25, 0.3) is 0 Å². The SMILES string of the molecule is CS(=O)(=O)c1ccc(NC(=O)COC(=O)c2ccc(F)cc2F)cc1. The third kappa shape index (κ3) is 5.08. The minimum Gasteiger partial charge on any atom is -0.452 e. The van der Waals surface area contributed by atoms with Crippen molar-refractivity contribution in [3.63, 3.8) is 0 Å². The van der Waals surface area contributed by atoms with E-state index in [1.165, 1.54) is 24.3 Å². The molecule has 0 heterocycles. The largest absolute Gasteiger partial charge is 0.452 e. The molecule has 0 saturated carbocycles. The van der Waals surface area contributed by atoms with Crippen LogP contribution in [-0.2, 0) is 19.4 Å². The molecule has 2 rings (SSSR count). The highest BCUT2D eigenvalue weighted by atomic mass is 32.2. The van der Waals surface area contributed by atoms with Gasteiger partial charge in [-0.3, -0.25) is 4.79 Å². The van der Waals surface area contributed by atoms with E-state index >= 15 is 0 Å². The summed E-state index contributed by atoms with van der Waals surface area (Å²) >= 11 is 0. The molecule has 0 saturated heterocycles. The highest BCUT2D eigenvalue weighted by Gasteiger charge is 2.15. The number of nitrogens with one attached hydrogen (secondary N) is 1. The van der Waals surface area contributed by atoms with E-state index in [1.54, 1.807) is 0 Å². The monoisotopic (exact) mass is 369 g/mol. The van der Waals surface area contributed by atoms with Crippen LogP contribution in [-0.4, -0.2) is 33.2 Å². The molecule has 25 heavy (non-hydrogen) atoms. The molecule has 2 aromatic carbocycles. The van der Waals surface area contributed by atoms with E-state index in [4.69, 9.17) is 0 Å². The van der Waals surface area contributed by atoms with E-state index < -0.39 is 45.5 Å². The van der Waals surface area contributed by atoms with E-state index in [9.17, 15) is 26.8 Å². The third-order valence-electron chi connectivity index (χ3n) is 3.05. The Hall–Kier alpha value is -2.81. The van der Waals surface area contributed by atoms with Gasteiger partial charge in [0.1, 0.15) is 11.6 Å². The first kappa shape index (κ1) is 18.5. The number of benzene rings is 2. The summed E-state index contributed by atoms with van der Waals surface area (Å²) in [5.74, 6) is -3.76. The van der Waals surface area contributed by atoms with Crippen molar-refractivity contribution in [2.45, 2.75) is 4.90 Å². The van der Waals surface area contributed by atoms with Crippen LogP contribution >= 0.6 is 0 Å². The second-order valence-corrected chi connectivity index (χ2v) is 7.06. The maximum Gasteiger partial charge on any atom is 0.341 e. The molecule has 9 heteroatoms. The van der Waals surface area contributed by atoms with Crippen LogP contribution in [0.2, 0.25) is 0 Å². The van der Waals surface area contributed by atoms with Crippen LogP contribution in [0.15, 0.2) is 47.4 Å². The lowest BCUT2D eigenvalue weighted by atomic mass is 10.2. The molecule has 0 aliphatic heterocycles. The Morgan fingerprint density at radius 1 is 1.08 bits per heavy atom. The first-order valence-electron chi connectivity index (χ1n) is 6.89. The minimum atomic E-state index is -3.35. The van der Waals surface area contributed by atoms with Crippen molar-refractivity contribution in [3.8, 4) is 0 Å². The van der Waals surface area contributed by atoms with Gasteiger partial charge in [0, 0.05) is 18.0 Å². The number of carbonyl (C=O) groups is 2. The summed E-state index contributed by atoms with van der Waals surface area (Å²) in [4.78, 5) is 23.5. The van der Waals surface area contributed by atoms with Gasteiger partial charge in [-0.15, -0.1) is 0 Å². The minimum absolute atomic E-state index is 0.0868. The molecular weight excluding hydrogens is 356 g/mol. The number of sulfone groups is 1. The van der Waals surface area contributed by atoms with E-state index in [-0.39, 0.29) is 4.90 Å². The van der Waals surface area contributed by atoms with Gasteiger partial charge in [0.15, 0.2) is 16.4 Å². The smallest absolute Gasteiger partial charge is 0.341 e. The van der Waals surface area contributed by atoms with E-state index in [0.717, 1.165) is 18.4 Å². The molecule has 0 unspecified atom stereocenters. The molecule has 0 atom stereocenters. The highest BCUT2D eigenvalue weighted by molar-refractivity contribution is 7.90. The van der Waals surface area contributed by atoms with Crippen molar-refractivity contribution in [1.29, 1.82) is 0 Å². The van der Waals surface area contributed by atoms with Crippen molar-refractivity contribution >= 4 is 27.4 Å². The van der Waals surface area contributed by atoms with Crippen LogP contribution in [0.5, 0.6) is 0 Å². The zero-order valence-corrected chi connectivity index (χ0v) is 13.8. The van der Waals surface area contributed by atoms with E-state index in [0.29, 0.717) is 11.8 Å². The van der Waals surface area contributed by atoms with Crippen LogP contribution in [0.3, 0.4) is 0 Å². The third-order valence-corrected chi connectivity index (χ3v) is 4.18. The quantitative estimate of drug-likeness (QED) is 0.816. The van der Waals surface area contributed by atoms with Crippen molar-refractivity contribution in [2.75, 3.05) is 18.2 Å². The number of esters is 1. The summed E-state index contributed by atoms with van der Waals surface area (Å²) < 4.78 is 53.5. The molecule has 0 aliphatic rings. The molecular formula is C16H13F2NO5S. The first-order valence-corrected chi connectivity index (χ1v) is 8.78. The molecule has 1 N–H and O–H groups in total. The Morgan fingerprint density at radius 2 is 1.72 bits per heavy atom. The molecule has 0 aliphatic carbocycles. The average Bonchev–Trinajstić information content (AvgIpc) is 2.52. The molecule has 0 fully saturated rings. The van der Waals surface area contributed by atoms with Crippen LogP contribution in [0.4, 0.5) is 14.5 Å². The lowest BCUT2D eigenvalue weighted by Crippen LogP contribution is -2.21. The second kappa shape index (κ2) is 7.39. The van der Waals surface area contributed by atoms with Crippen LogP contribution in [0, 0.1) is 11.6 Å².